The first-order chi connectivity index (χ1) is 9.34. The Morgan fingerprint density at radius 3 is 2.79 bits per heavy atom. The summed E-state index contributed by atoms with van der Waals surface area (Å²) in [4.78, 5) is 4.57. The lowest BCUT2D eigenvalue weighted by Crippen LogP contribution is -2.24. The predicted octanol–water partition coefficient (Wildman–Crippen LogP) is 3.17. The molecule has 2 N–H and O–H groups in total. The predicted molar refractivity (Wildman–Crippen MR) is 80.3 cm³/mol. The highest BCUT2D eigenvalue weighted by atomic mass is 32.2. The quantitative estimate of drug-likeness (QED) is 0.925. The van der Waals surface area contributed by atoms with Gasteiger partial charge in [-0.3, -0.25) is 0 Å². The monoisotopic (exact) mass is 299 g/mol. The van der Waals surface area contributed by atoms with Crippen molar-refractivity contribution >= 4 is 23.5 Å². The van der Waals surface area contributed by atoms with E-state index in [4.69, 9.17) is 10.3 Å². The second-order valence-electron chi connectivity index (χ2n) is 5.35. The molecule has 106 valence electrons. The second-order valence-corrected chi connectivity index (χ2v) is 7.81. The van der Waals surface area contributed by atoms with Gasteiger partial charge >= 0.3 is 0 Å². The van der Waals surface area contributed by atoms with E-state index in [1.807, 2.05) is 23.5 Å². The maximum Gasteiger partial charge on any atom is 0.243 e. The smallest absolute Gasteiger partial charge is 0.243 e. The van der Waals surface area contributed by atoms with Crippen LogP contribution in [0.1, 0.15) is 55.1 Å². The van der Waals surface area contributed by atoms with Crippen molar-refractivity contribution in [3.05, 3.63) is 11.7 Å². The zero-order chi connectivity index (χ0) is 13.1. The van der Waals surface area contributed by atoms with Gasteiger partial charge in [-0.15, -0.1) is 11.8 Å². The highest BCUT2D eigenvalue weighted by molar-refractivity contribution is 8.06. The van der Waals surface area contributed by atoms with Gasteiger partial charge in [-0.1, -0.05) is 24.4 Å². The van der Waals surface area contributed by atoms with E-state index in [0.717, 1.165) is 11.6 Å². The van der Waals surface area contributed by atoms with Gasteiger partial charge in [0.2, 0.25) is 5.89 Å². The zero-order valence-corrected chi connectivity index (χ0v) is 12.7. The van der Waals surface area contributed by atoms with E-state index < -0.39 is 0 Å². The van der Waals surface area contributed by atoms with Crippen molar-refractivity contribution in [1.29, 1.82) is 0 Å². The van der Waals surface area contributed by atoms with Crippen LogP contribution in [0.4, 0.5) is 0 Å². The lowest BCUT2D eigenvalue weighted by molar-refractivity contribution is 0.255. The maximum atomic E-state index is 6.30. The van der Waals surface area contributed by atoms with Gasteiger partial charge in [0.25, 0.3) is 0 Å². The summed E-state index contributed by atoms with van der Waals surface area (Å²) in [6, 6.07) is -0.0669. The van der Waals surface area contributed by atoms with Gasteiger partial charge in [0.05, 0.1) is 11.3 Å². The van der Waals surface area contributed by atoms with Crippen LogP contribution >= 0.6 is 23.5 Å². The molecule has 4 nitrogen and oxygen atoms in total. The van der Waals surface area contributed by atoms with Crippen molar-refractivity contribution in [2.24, 2.45) is 11.7 Å². The van der Waals surface area contributed by atoms with Crippen LogP contribution in [0.3, 0.4) is 0 Å². The molecule has 0 radical (unpaired) electrons. The third kappa shape index (κ3) is 3.28. The molecule has 2 aliphatic rings. The third-order valence-corrected chi connectivity index (χ3v) is 6.76. The topological polar surface area (TPSA) is 64.9 Å². The minimum atomic E-state index is -0.0669. The van der Waals surface area contributed by atoms with Gasteiger partial charge in [0.1, 0.15) is 0 Å². The molecule has 1 aromatic heterocycles. The van der Waals surface area contributed by atoms with Gasteiger partial charge in [0.15, 0.2) is 5.82 Å². The molecule has 0 aromatic carbocycles. The normalized spacial score (nSPS) is 27.3. The number of nitrogens with zero attached hydrogens (tertiary/aromatic N) is 2. The van der Waals surface area contributed by atoms with Crippen LogP contribution < -0.4 is 5.73 Å². The van der Waals surface area contributed by atoms with E-state index in [2.05, 4.69) is 10.1 Å². The zero-order valence-electron chi connectivity index (χ0n) is 11.1. The summed E-state index contributed by atoms with van der Waals surface area (Å²) in [5, 5.41) is 4.54. The highest BCUT2D eigenvalue weighted by Gasteiger charge is 2.28. The van der Waals surface area contributed by atoms with Crippen LogP contribution in [0.15, 0.2) is 4.52 Å². The van der Waals surface area contributed by atoms with Gasteiger partial charge in [-0.2, -0.15) is 16.7 Å². The average Bonchev–Trinajstić information content (AvgIpc) is 2.98. The number of rotatable bonds is 3. The van der Waals surface area contributed by atoms with E-state index in [0.29, 0.717) is 17.1 Å². The largest absolute Gasteiger partial charge is 0.338 e. The average molecular weight is 299 g/mol. The number of aromatic nitrogens is 2. The van der Waals surface area contributed by atoms with Gasteiger partial charge in [0, 0.05) is 17.3 Å². The van der Waals surface area contributed by atoms with Gasteiger partial charge in [-0.25, -0.2) is 0 Å². The summed E-state index contributed by atoms with van der Waals surface area (Å²) >= 11 is 3.90. The highest BCUT2D eigenvalue weighted by Crippen LogP contribution is 2.37. The van der Waals surface area contributed by atoms with Crippen molar-refractivity contribution in [2.45, 2.75) is 43.4 Å². The minimum absolute atomic E-state index is 0.0669. The van der Waals surface area contributed by atoms with Crippen molar-refractivity contribution in [3.63, 3.8) is 0 Å². The molecule has 1 aliphatic heterocycles. The molecular weight excluding hydrogens is 278 g/mol. The first kappa shape index (κ1) is 13.8. The van der Waals surface area contributed by atoms with Crippen LogP contribution in [0.5, 0.6) is 0 Å². The Labute approximate surface area is 122 Å². The molecule has 1 saturated carbocycles. The Kier molecular flexibility index (Phi) is 4.71. The van der Waals surface area contributed by atoms with Crippen LogP contribution in [0.2, 0.25) is 0 Å². The van der Waals surface area contributed by atoms with Crippen LogP contribution in [-0.4, -0.2) is 27.4 Å². The van der Waals surface area contributed by atoms with Crippen molar-refractivity contribution in [1.82, 2.24) is 10.1 Å². The Morgan fingerprint density at radius 2 is 2.05 bits per heavy atom. The molecule has 0 spiro atoms. The Balaban J connectivity index is 1.65. The Morgan fingerprint density at radius 1 is 1.21 bits per heavy atom. The fourth-order valence-electron chi connectivity index (χ4n) is 2.85. The fraction of sp³-hybridized carbons (Fsp3) is 0.846. The maximum absolute atomic E-state index is 6.30. The SMILES string of the molecule is NC(c1nc(C2CSCCS2)no1)C1CCCCC1. The molecule has 0 amide bonds. The molecule has 2 unspecified atom stereocenters. The van der Waals surface area contributed by atoms with Crippen molar-refractivity contribution in [3.8, 4) is 0 Å². The molecule has 1 saturated heterocycles. The lowest BCUT2D eigenvalue weighted by atomic mass is 9.84. The molecule has 1 aliphatic carbocycles. The molecule has 2 atom stereocenters. The summed E-state index contributed by atoms with van der Waals surface area (Å²) in [5.41, 5.74) is 6.30. The number of nitrogens with two attached hydrogens (primary N) is 1. The summed E-state index contributed by atoms with van der Waals surface area (Å²) in [5.74, 6) is 5.51. The third-order valence-electron chi connectivity index (χ3n) is 4.00. The Bertz CT molecular complexity index is 400. The fourth-order valence-corrected chi connectivity index (χ4v) is 5.43. The van der Waals surface area contributed by atoms with Crippen molar-refractivity contribution in [2.75, 3.05) is 17.3 Å². The number of hydrogen-bond donors (Lipinski definition) is 1. The number of thioether (sulfide) groups is 2. The molecule has 3 rings (SSSR count). The summed E-state index contributed by atoms with van der Waals surface area (Å²) < 4.78 is 5.42. The summed E-state index contributed by atoms with van der Waals surface area (Å²) in [6.45, 7) is 0. The molecule has 2 fully saturated rings. The van der Waals surface area contributed by atoms with Gasteiger partial charge < -0.3 is 10.3 Å². The second kappa shape index (κ2) is 6.50. The van der Waals surface area contributed by atoms with Crippen LogP contribution in [0, 0.1) is 5.92 Å². The molecule has 2 heterocycles. The molecule has 19 heavy (non-hydrogen) atoms. The van der Waals surface area contributed by atoms with E-state index in [1.165, 1.54) is 43.6 Å². The van der Waals surface area contributed by atoms with E-state index in [1.54, 1.807) is 0 Å². The standard InChI is InChI=1S/C13H21N3OS2/c14-11(9-4-2-1-3-5-9)13-15-12(16-17-13)10-8-18-6-7-19-10/h9-11H,1-8,14H2. The van der Waals surface area contributed by atoms with E-state index >= 15 is 0 Å². The minimum Gasteiger partial charge on any atom is -0.338 e. The van der Waals surface area contributed by atoms with Crippen molar-refractivity contribution < 1.29 is 4.52 Å². The van der Waals surface area contributed by atoms with Gasteiger partial charge in [-0.05, 0) is 18.8 Å². The molecule has 0 bridgehead atoms. The first-order valence-corrected chi connectivity index (χ1v) is 9.33. The van der Waals surface area contributed by atoms with Crippen LogP contribution in [0.25, 0.3) is 0 Å². The molecule has 1 aromatic rings. The lowest BCUT2D eigenvalue weighted by Gasteiger charge is -2.24. The number of hydrogen-bond acceptors (Lipinski definition) is 6. The molecule has 6 heteroatoms. The summed E-state index contributed by atoms with van der Waals surface area (Å²) in [6.07, 6.45) is 6.32. The van der Waals surface area contributed by atoms with E-state index in [9.17, 15) is 0 Å². The first-order valence-electron chi connectivity index (χ1n) is 7.13. The van der Waals surface area contributed by atoms with Crippen LogP contribution in [-0.2, 0) is 0 Å². The Hall–Kier alpha value is -0.200. The molecular formula is C13H21N3OS2. The summed E-state index contributed by atoms with van der Waals surface area (Å²) in [7, 11) is 0. The van der Waals surface area contributed by atoms with E-state index in [-0.39, 0.29) is 6.04 Å².